The van der Waals surface area contributed by atoms with E-state index in [1.165, 1.54) is 32.4 Å². The van der Waals surface area contributed by atoms with Crippen molar-refractivity contribution in [2.75, 3.05) is 26.1 Å². The minimum absolute atomic E-state index is 0.00679. The first-order valence-corrected chi connectivity index (χ1v) is 11.9. The van der Waals surface area contributed by atoms with Crippen LogP contribution >= 0.6 is 23.2 Å². The lowest BCUT2D eigenvalue weighted by Gasteiger charge is -2.23. The van der Waals surface area contributed by atoms with E-state index in [-0.39, 0.29) is 21.5 Å². The van der Waals surface area contributed by atoms with Gasteiger partial charge in [-0.25, -0.2) is 8.42 Å². The monoisotopic (exact) mass is 508 g/mol. The van der Waals surface area contributed by atoms with Gasteiger partial charge < -0.3 is 14.8 Å². The van der Waals surface area contributed by atoms with E-state index in [4.69, 9.17) is 32.7 Å². The number of carbonyl (C=O) groups excluding carboxylic acids is 1. The summed E-state index contributed by atoms with van der Waals surface area (Å²) in [4.78, 5) is 12.8. The van der Waals surface area contributed by atoms with Crippen LogP contribution < -0.4 is 14.8 Å². The summed E-state index contributed by atoms with van der Waals surface area (Å²) in [5.41, 5.74) is 1.05. The van der Waals surface area contributed by atoms with Gasteiger partial charge in [0, 0.05) is 17.6 Å². The van der Waals surface area contributed by atoms with Crippen molar-refractivity contribution in [3.05, 3.63) is 82.3 Å². The zero-order chi connectivity index (χ0) is 24.0. The normalized spacial score (nSPS) is 11.3. The van der Waals surface area contributed by atoms with E-state index in [0.29, 0.717) is 22.7 Å². The maximum absolute atomic E-state index is 13.5. The van der Waals surface area contributed by atoms with Gasteiger partial charge in [0.1, 0.15) is 16.4 Å². The number of hydrogen-bond acceptors (Lipinski definition) is 5. The highest BCUT2D eigenvalue weighted by atomic mass is 35.5. The zero-order valence-electron chi connectivity index (χ0n) is 17.9. The van der Waals surface area contributed by atoms with E-state index >= 15 is 0 Å². The van der Waals surface area contributed by atoms with Crippen LogP contribution in [0.3, 0.4) is 0 Å². The van der Waals surface area contributed by atoms with Gasteiger partial charge in [-0.15, -0.1) is 0 Å². The number of benzene rings is 3. The third-order valence-electron chi connectivity index (χ3n) is 4.71. The van der Waals surface area contributed by atoms with E-state index in [0.717, 1.165) is 4.31 Å². The summed E-state index contributed by atoms with van der Waals surface area (Å²) < 4.78 is 38.5. The lowest BCUT2D eigenvalue weighted by atomic mass is 10.2. The molecule has 0 saturated heterocycles. The summed E-state index contributed by atoms with van der Waals surface area (Å²) in [6.45, 7) is -0.519. The van der Waals surface area contributed by atoms with Crippen molar-refractivity contribution < 1.29 is 22.7 Å². The summed E-state index contributed by atoms with van der Waals surface area (Å²) in [6, 6.07) is 18.0. The van der Waals surface area contributed by atoms with Crippen molar-refractivity contribution in [2.24, 2.45) is 0 Å². The quantitative estimate of drug-likeness (QED) is 0.446. The Kier molecular flexibility index (Phi) is 8.20. The van der Waals surface area contributed by atoms with Crippen LogP contribution in [0.4, 0.5) is 5.69 Å². The topological polar surface area (TPSA) is 84.9 Å². The maximum atomic E-state index is 13.5. The number of sulfonamides is 1. The number of anilines is 1. The van der Waals surface area contributed by atoms with E-state index in [1.54, 1.807) is 42.5 Å². The van der Waals surface area contributed by atoms with Gasteiger partial charge in [-0.05, 0) is 35.9 Å². The minimum Gasteiger partial charge on any atom is -0.497 e. The molecule has 0 heterocycles. The summed E-state index contributed by atoms with van der Waals surface area (Å²) in [5.74, 6) is 0.337. The van der Waals surface area contributed by atoms with E-state index in [9.17, 15) is 13.2 Å². The van der Waals surface area contributed by atoms with Crippen LogP contribution in [0.25, 0.3) is 0 Å². The number of methoxy groups -OCH3 is 2. The molecule has 1 amide bonds. The second-order valence-corrected chi connectivity index (χ2v) is 9.70. The van der Waals surface area contributed by atoms with Gasteiger partial charge >= 0.3 is 0 Å². The molecule has 0 fully saturated rings. The van der Waals surface area contributed by atoms with Gasteiger partial charge in [0.25, 0.3) is 0 Å². The second kappa shape index (κ2) is 10.9. The van der Waals surface area contributed by atoms with Crippen LogP contribution in [-0.2, 0) is 21.4 Å². The van der Waals surface area contributed by atoms with Gasteiger partial charge in [0.15, 0.2) is 0 Å². The molecule has 0 saturated carbocycles. The fraction of sp³-hybridized carbons (Fsp3) is 0.174. The van der Waals surface area contributed by atoms with Crippen molar-refractivity contribution in [3.8, 4) is 11.5 Å². The van der Waals surface area contributed by atoms with Gasteiger partial charge in [-0.3, -0.25) is 4.79 Å². The summed E-state index contributed by atoms with van der Waals surface area (Å²) in [6.07, 6.45) is 0. The molecule has 0 radical (unpaired) electrons. The smallest absolute Gasteiger partial charge is 0.245 e. The molecule has 0 aliphatic rings. The Morgan fingerprint density at radius 2 is 1.70 bits per heavy atom. The fourth-order valence-corrected chi connectivity index (χ4v) is 5.21. The molecule has 0 unspecified atom stereocenters. The van der Waals surface area contributed by atoms with Crippen molar-refractivity contribution in [1.29, 1.82) is 0 Å². The number of nitrogens with zero attached hydrogens (tertiary/aromatic N) is 1. The SMILES string of the molecule is COc1ccc(OC)c(NC(=O)CN(Cc2ccccc2)S(=O)(=O)c2cc(Cl)ccc2Cl)c1. The van der Waals surface area contributed by atoms with E-state index in [2.05, 4.69) is 5.32 Å². The van der Waals surface area contributed by atoms with Crippen molar-refractivity contribution in [2.45, 2.75) is 11.4 Å². The van der Waals surface area contributed by atoms with Crippen molar-refractivity contribution in [3.63, 3.8) is 0 Å². The largest absolute Gasteiger partial charge is 0.497 e. The second-order valence-electron chi connectivity index (χ2n) is 6.95. The molecular weight excluding hydrogens is 487 g/mol. The standard InChI is InChI=1S/C23H22Cl2N2O5S/c1-31-18-9-11-21(32-2)20(13-18)26-23(28)15-27(14-16-6-4-3-5-7-16)33(29,30)22-12-17(24)8-10-19(22)25/h3-13H,14-15H2,1-2H3,(H,26,28). The molecule has 0 bridgehead atoms. The minimum atomic E-state index is -4.17. The lowest BCUT2D eigenvalue weighted by molar-refractivity contribution is -0.116. The Morgan fingerprint density at radius 1 is 0.970 bits per heavy atom. The first-order chi connectivity index (χ1) is 15.7. The molecule has 0 spiro atoms. The molecule has 7 nitrogen and oxygen atoms in total. The highest BCUT2D eigenvalue weighted by Crippen LogP contribution is 2.30. The third kappa shape index (κ3) is 6.17. The summed E-state index contributed by atoms with van der Waals surface area (Å²) in [7, 11) is -1.21. The van der Waals surface area contributed by atoms with Crippen LogP contribution in [0.5, 0.6) is 11.5 Å². The number of halogens is 2. The molecule has 10 heteroatoms. The Labute approximate surface area is 202 Å². The first kappa shape index (κ1) is 24.9. The molecule has 3 aromatic rings. The molecule has 0 aliphatic heterocycles. The molecule has 0 atom stereocenters. The van der Waals surface area contributed by atoms with Crippen LogP contribution in [0.2, 0.25) is 10.0 Å². The molecule has 0 aromatic heterocycles. The molecule has 0 aliphatic carbocycles. The van der Waals surface area contributed by atoms with Crippen LogP contribution in [0.1, 0.15) is 5.56 Å². The Balaban J connectivity index is 1.93. The number of ether oxygens (including phenoxy) is 2. The molecule has 174 valence electrons. The first-order valence-electron chi connectivity index (χ1n) is 9.75. The third-order valence-corrected chi connectivity index (χ3v) is 7.22. The van der Waals surface area contributed by atoms with Gasteiger partial charge in [0.05, 0.1) is 31.5 Å². The molecular formula is C23H22Cl2N2O5S. The van der Waals surface area contributed by atoms with Crippen LogP contribution in [-0.4, -0.2) is 39.4 Å². The summed E-state index contributed by atoms with van der Waals surface area (Å²) in [5, 5.41) is 2.91. The average molecular weight is 509 g/mol. The van der Waals surface area contributed by atoms with Gasteiger partial charge in [0.2, 0.25) is 15.9 Å². The molecule has 3 aromatic carbocycles. The number of rotatable bonds is 9. The van der Waals surface area contributed by atoms with E-state index in [1.807, 2.05) is 6.07 Å². The highest BCUT2D eigenvalue weighted by Gasteiger charge is 2.29. The number of nitrogens with one attached hydrogen (secondary N) is 1. The predicted octanol–water partition coefficient (Wildman–Crippen LogP) is 4.84. The average Bonchev–Trinajstić information content (AvgIpc) is 2.80. The highest BCUT2D eigenvalue weighted by molar-refractivity contribution is 7.89. The van der Waals surface area contributed by atoms with Crippen LogP contribution in [0.15, 0.2) is 71.6 Å². The zero-order valence-corrected chi connectivity index (χ0v) is 20.2. The number of amides is 1. The van der Waals surface area contributed by atoms with Crippen molar-refractivity contribution in [1.82, 2.24) is 4.31 Å². The Bertz CT molecular complexity index is 1240. The predicted molar refractivity (Wildman–Crippen MR) is 129 cm³/mol. The van der Waals surface area contributed by atoms with Gasteiger partial charge in [-0.2, -0.15) is 4.31 Å². The molecule has 3 rings (SSSR count). The molecule has 1 N–H and O–H groups in total. The van der Waals surface area contributed by atoms with Crippen molar-refractivity contribution >= 4 is 44.8 Å². The fourth-order valence-electron chi connectivity index (χ4n) is 3.09. The van der Waals surface area contributed by atoms with E-state index < -0.39 is 22.5 Å². The maximum Gasteiger partial charge on any atom is 0.245 e. The Morgan fingerprint density at radius 3 is 2.36 bits per heavy atom. The molecule has 33 heavy (non-hydrogen) atoms. The number of hydrogen-bond donors (Lipinski definition) is 1. The van der Waals surface area contributed by atoms with Gasteiger partial charge in [-0.1, -0.05) is 53.5 Å². The Hall–Kier alpha value is -2.78. The summed E-state index contributed by atoms with van der Waals surface area (Å²) >= 11 is 12.2. The number of carbonyl (C=O) groups is 1. The van der Waals surface area contributed by atoms with Crippen LogP contribution in [0, 0.1) is 0 Å². The lowest BCUT2D eigenvalue weighted by Crippen LogP contribution is -2.37.